The van der Waals surface area contributed by atoms with Crippen molar-refractivity contribution in [3.63, 3.8) is 0 Å². The summed E-state index contributed by atoms with van der Waals surface area (Å²) in [5.41, 5.74) is 1.71. The zero-order valence-corrected chi connectivity index (χ0v) is 16.9. The van der Waals surface area contributed by atoms with Gasteiger partial charge in [0.1, 0.15) is 0 Å². The third kappa shape index (κ3) is 3.70. The molecule has 0 spiro atoms. The zero-order chi connectivity index (χ0) is 19.8. The summed E-state index contributed by atoms with van der Waals surface area (Å²) < 4.78 is 2.01. The fourth-order valence-electron chi connectivity index (χ4n) is 5.08. The van der Waals surface area contributed by atoms with Crippen LogP contribution < -0.4 is 0 Å². The molecule has 29 heavy (non-hydrogen) atoms. The van der Waals surface area contributed by atoms with E-state index in [-0.39, 0.29) is 5.91 Å². The second-order valence-corrected chi connectivity index (χ2v) is 8.84. The number of carbonyl (C=O) groups excluding carboxylic acids is 2. The first-order chi connectivity index (χ1) is 14.2. The van der Waals surface area contributed by atoms with Gasteiger partial charge in [-0.15, -0.1) is 0 Å². The van der Waals surface area contributed by atoms with Crippen LogP contribution in [-0.4, -0.2) is 52.4 Å². The number of hydrogen-bond acceptors (Lipinski definition) is 2. The second-order valence-electron chi connectivity index (χ2n) is 8.84. The van der Waals surface area contributed by atoms with Crippen LogP contribution in [0, 0.1) is 17.8 Å². The summed E-state index contributed by atoms with van der Waals surface area (Å²) in [7, 11) is 0. The van der Waals surface area contributed by atoms with Crippen LogP contribution in [0.1, 0.15) is 42.5 Å². The maximum absolute atomic E-state index is 13.3. The number of nitrogens with zero attached hydrogens (tertiary/aromatic N) is 3. The van der Waals surface area contributed by atoms with E-state index in [1.165, 1.54) is 0 Å². The molecule has 3 fully saturated rings. The lowest BCUT2D eigenvalue weighted by Crippen LogP contribution is -2.41. The van der Waals surface area contributed by atoms with E-state index in [1.807, 2.05) is 58.3 Å². The standard InChI is InChI=1S/C24H29N3O2/c28-23(19-7-8-19)26-14-9-18(10-15-26)20-11-16-27(17-20)24(29)21-5-1-2-6-22(21)25-12-3-4-13-25/h1-6,12-13,18-20H,7-11,14-17H2. The van der Waals surface area contributed by atoms with Gasteiger partial charge in [-0.1, -0.05) is 12.1 Å². The lowest BCUT2D eigenvalue weighted by atomic mass is 9.83. The smallest absolute Gasteiger partial charge is 0.255 e. The van der Waals surface area contributed by atoms with Gasteiger partial charge in [-0.3, -0.25) is 9.59 Å². The molecule has 5 heteroatoms. The van der Waals surface area contributed by atoms with Crippen molar-refractivity contribution in [3.05, 3.63) is 54.4 Å². The minimum Gasteiger partial charge on any atom is -0.342 e. The SMILES string of the molecule is O=C(c1ccccc1-n1cccc1)N1CCC(C2CCN(C(=O)C3CC3)CC2)C1. The molecule has 2 amide bonds. The Morgan fingerprint density at radius 3 is 2.14 bits per heavy atom. The maximum Gasteiger partial charge on any atom is 0.255 e. The van der Waals surface area contributed by atoms with E-state index in [0.29, 0.717) is 23.7 Å². The van der Waals surface area contributed by atoms with Crippen molar-refractivity contribution < 1.29 is 9.59 Å². The molecule has 152 valence electrons. The van der Waals surface area contributed by atoms with E-state index in [1.54, 1.807) is 0 Å². The molecule has 1 unspecified atom stereocenters. The highest BCUT2D eigenvalue weighted by molar-refractivity contribution is 5.98. The van der Waals surface area contributed by atoms with Gasteiger partial charge in [0.05, 0.1) is 11.3 Å². The first-order valence-electron chi connectivity index (χ1n) is 11.0. The molecule has 5 nitrogen and oxygen atoms in total. The van der Waals surface area contributed by atoms with Gasteiger partial charge < -0.3 is 14.4 Å². The lowest BCUT2D eigenvalue weighted by molar-refractivity contribution is -0.134. The Morgan fingerprint density at radius 1 is 0.759 bits per heavy atom. The Kier molecular flexibility index (Phi) is 4.90. The van der Waals surface area contributed by atoms with Crippen molar-refractivity contribution >= 4 is 11.8 Å². The minimum absolute atomic E-state index is 0.137. The Morgan fingerprint density at radius 2 is 1.41 bits per heavy atom. The molecule has 5 rings (SSSR count). The molecule has 2 aliphatic heterocycles. The summed E-state index contributed by atoms with van der Waals surface area (Å²) in [6.45, 7) is 3.49. The molecule has 1 aromatic carbocycles. The van der Waals surface area contributed by atoms with Crippen LogP contribution in [0.25, 0.3) is 5.69 Å². The number of likely N-dealkylation sites (tertiary alicyclic amines) is 2. The molecule has 3 aliphatic rings. The Balaban J connectivity index is 1.22. The second kappa shape index (κ2) is 7.69. The summed E-state index contributed by atoms with van der Waals surface area (Å²) >= 11 is 0. The normalized spacial score (nSPS) is 22.8. The fourth-order valence-corrected chi connectivity index (χ4v) is 5.08. The molecule has 2 aromatic rings. The molecule has 1 aliphatic carbocycles. The molecule has 1 aromatic heterocycles. The summed E-state index contributed by atoms with van der Waals surface area (Å²) in [5, 5.41) is 0. The van der Waals surface area contributed by atoms with Gasteiger partial charge in [0, 0.05) is 44.5 Å². The monoisotopic (exact) mass is 391 g/mol. The van der Waals surface area contributed by atoms with Gasteiger partial charge >= 0.3 is 0 Å². The van der Waals surface area contributed by atoms with Gasteiger partial charge in [-0.25, -0.2) is 0 Å². The minimum atomic E-state index is 0.137. The average Bonchev–Trinajstić information content (AvgIpc) is 3.26. The van der Waals surface area contributed by atoms with Gasteiger partial charge in [0.15, 0.2) is 0 Å². The summed E-state index contributed by atoms with van der Waals surface area (Å²) in [5.74, 6) is 2.05. The molecule has 1 atom stereocenters. The Labute approximate surface area is 172 Å². The summed E-state index contributed by atoms with van der Waals surface area (Å²) in [6.07, 6.45) is 9.39. The van der Waals surface area contributed by atoms with Gasteiger partial charge in [-0.05, 0) is 68.2 Å². The van der Waals surface area contributed by atoms with Crippen LogP contribution >= 0.6 is 0 Å². The number of aromatic nitrogens is 1. The molecule has 0 radical (unpaired) electrons. The lowest BCUT2D eigenvalue weighted by Gasteiger charge is -2.35. The van der Waals surface area contributed by atoms with Crippen molar-refractivity contribution in [3.8, 4) is 5.69 Å². The van der Waals surface area contributed by atoms with Crippen LogP contribution in [0.2, 0.25) is 0 Å². The highest BCUT2D eigenvalue weighted by Crippen LogP contribution is 2.36. The first-order valence-corrected chi connectivity index (χ1v) is 11.0. The Bertz CT molecular complexity index is 879. The molecule has 2 saturated heterocycles. The van der Waals surface area contributed by atoms with Crippen molar-refractivity contribution in [2.45, 2.75) is 32.1 Å². The zero-order valence-electron chi connectivity index (χ0n) is 16.9. The molecular weight excluding hydrogens is 362 g/mol. The number of rotatable bonds is 4. The van der Waals surface area contributed by atoms with E-state index in [0.717, 1.165) is 69.5 Å². The van der Waals surface area contributed by atoms with E-state index in [4.69, 9.17) is 0 Å². The van der Waals surface area contributed by atoms with Crippen molar-refractivity contribution in [1.82, 2.24) is 14.4 Å². The maximum atomic E-state index is 13.3. The summed E-state index contributed by atoms with van der Waals surface area (Å²) in [6, 6.07) is 11.8. The number of hydrogen-bond donors (Lipinski definition) is 0. The molecule has 0 N–H and O–H groups in total. The van der Waals surface area contributed by atoms with Crippen LogP contribution in [-0.2, 0) is 4.79 Å². The molecular formula is C24H29N3O2. The highest BCUT2D eigenvalue weighted by Gasteiger charge is 2.38. The number of para-hydroxylation sites is 1. The Hall–Kier alpha value is -2.56. The van der Waals surface area contributed by atoms with Crippen LogP contribution in [0.15, 0.2) is 48.8 Å². The quantitative estimate of drug-likeness (QED) is 0.800. The molecule has 1 saturated carbocycles. The van der Waals surface area contributed by atoms with E-state index in [9.17, 15) is 9.59 Å². The molecule has 3 heterocycles. The van der Waals surface area contributed by atoms with Crippen molar-refractivity contribution in [2.75, 3.05) is 26.2 Å². The van der Waals surface area contributed by atoms with E-state index < -0.39 is 0 Å². The van der Waals surface area contributed by atoms with E-state index >= 15 is 0 Å². The van der Waals surface area contributed by atoms with Crippen molar-refractivity contribution in [2.24, 2.45) is 17.8 Å². The largest absolute Gasteiger partial charge is 0.342 e. The highest BCUT2D eigenvalue weighted by atomic mass is 16.2. The number of amides is 2. The fraction of sp³-hybridized carbons (Fsp3) is 0.500. The number of benzene rings is 1. The number of carbonyl (C=O) groups is 2. The van der Waals surface area contributed by atoms with E-state index in [2.05, 4.69) is 4.90 Å². The summed E-state index contributed by atoms with van der Waals surface area (Å²) in [4.78, 5) is 29.7. The van der Waals surface area contributed by atoms with Crippen LogP contribution in [0.3, 0.4) is 0 Å². The topological polar surface area (TPSA) is 45.6 Å². The number of piperidine rings is 1. The average molecular weight is 392 g/mol. The predicted octanol–water partition coefficient (Wildman–Crippen LogP) is 3.59. The van der Waals surface area contributed by atoms with Crippen LogP contribution in [0.5, 0.6) is 0 Å². The van der Waals surface area contributed by atoms with Crippen molar-refractivity contribution in [1.29, 1.82) is 0 Å². The van der Waals surface area contributed by atoms with Gasteiger partial charge in [0.2, 0.25) is 5.91 Å². The third-order valence-corrected chi connectivity index (χ3v) is 6.97. The molecule has 0 bridgehead atoms. The predicted molar refractivity (Wildman–Crippen MR) is 112 cm³/mol. The third-order valence-electron chi connectivity index (χ3n) is 6.97. The van der Waals surface area contributed by atoms with Gasteiger partial charge in [-0.2, -0.15) is 0 Å². The van der Waals surface area contributed by atoms with Gasteiger partial charge in [0.25, 0.3) is 5.91 Å². The van der Waals surface area contributed by atoms with Crippen LogP contribution in [0.4, 0.5) is 0 Å². The first kappa shape index (κ1) is 18.5.